The van der Waals surface area contributed by atoms with Crippen molar-refractivity contribution in [2.45, 2.75) is 26.8 Å². The zero-order valence-electron chi connectivity index (χ0n) is 11.0. The summed E-state index contributed by atoms with van der Waals surface area (Å²) in [4.78, 5) is 11.1. The number of rotatable bonds is 8. The van der Waals surface area contributed by atoms with E-state index in [4.69, 9.17) is 5.11 Å². The van der Waals surface area contributed by atoms with E-state index in [9.17, 15) is 4.79 Å². The molecule has 0 spiro atoms. The van der Waals surface area contributed by atoms with E-state index in [2.05, 4.69) is 17.0 Å². The van der Waals surface area contributed by atoms with Crippen LogP contribution in [0.2, 0.25) is 0 Å². The number of aromatic nitrogens is 2. The van der Waals surface area contributed by atoms with Gasteiger partial charge >= 0.3 is 5.97 Å². The number of aliphatic carboxylic acids is 1. The van der Waals surface area contributed by atoms with Crippen LogP contribution in [-0.2, 0) is 11.3 Å². The first kappa shape index (κ1) is 14.4. The van der Waals surface area contributed by atoms with Gasteiger partial charge in [0.05, 0.1) is 12.1 Å². The lowest BCUT2D eigenvalue weighted by Crippen LogP contribution is -2.29. The van der Waals surface area contributed by atoms with Crippen molar-refractivity contribution in [2.24, 2.45) is 11.8 Å². The average molecular weight is 251 g/mol. The predicted molar refractivity (Wildman–Crippen MR) is 70.9 cm³/mol. The molecule has 0 radical (unpaired) electrons. The van der Waals surface area contributed by atoms with Gasteiger partial charge in [-0.2, -0.15) is 5.10 Å². The molecule has 0 aromatic carbocycles. The zero-order valence-corrected chi connectivity index (χ0v) is 11.0. The first-order valence-corrected chi connectivity index (χ1v) is 6.12. The fourth-order valence-corrected chi connectivity index (χ4v) is 1.80. The van der Waals surface area contributed by atoms with Crippen LogP contribution in [0.15, 0.2) is 19.0 Å². The summed E-state index contributed by atoms with van der Waals surface area (Å²) in [6, 6.07) is 0. The number of hydrogen-bond donors (Lipinski definition) is 2. The highest BCUT2D eigenvalue weighted by Crippen LogP contribution is 2.11. The maximum atomic E-state index is 11.1. The summed E-state index contributed by atoms with van der Waals surface area (Å²) in [6.07, 6.45) is 5.90. The monoisotopic (exact) mass is 251 g/mol. The van der Waals surface area contributed by atoms with Crippen LogP contribution >= 0.6 is 0 Å². The normalized spacial score (nSPS) is 12.6. The first-order chi connectivity index (χ1) is 8.52. The van der Waals surface area contributed by atoms with Crippen molar-refractivity contribution in [3.8, 4) is 0 Å². The minimum atomic E-state index is -0.738. The Hall–Kier alpha value is -1.62. The molecule has 2 N–H and O–H groups in total. The summed E-state index contributed by atoms with van der Waals surface area (Å²) in [5, 5.41) is 16.3. The van der Waals surface area contributed by atoms with Gasteiger partial charge in [0.2, 0.25) is 0 Å². The summed E-state index contributed by atoms with van der Waals surface area (Å²) < 4.78 is 1.62. The molecule has 1 rings (SSSR count). The van der Waals surface area contributed by atoms with Crippen LogP contribution in [-0.4, -0.2) is 27.4 Å². The van der Waals surface area contributed by atoms with E-state index < -0.39 is 5.97 Å². The molecule has 100 valence electrons. The second kappa shape index (κ2) is 6.96. The number of nitrogens with one attached hydrogen (secondary N) is 1. The Morgan fingerprint density at radius 2 is 2.39 bits per heavy atom. The van der Waals surface area contributed by atoms with Crippen LogP contribution in [0.4, 0.5) is 0 Å². The molecule has 5 nitrogen and oxygen atoms in total. The Balaban J connectivity index is 2.38. The lowest BCUT2D eigenvalue weighted by molar-refractivity contribution is -0.142. The van der Waals surface area contributed by atoms with Crippen molar-refractivity contribution in [3.05, 3.63) is 24.5 Å². The molecule has 18 heavy (non-hydrogen) atoms. The number of carboxylic acid groups (broad SMARTS) is 1. The maximum absolute atomic E-state index is 11.1. The van der Waals surface area contributed by atoms with Crippen molar-refractivity contribution >= 4 is 12.2 Å². The Morgan fingerprint density at radius 1 is 1.67 bits per heavy atom. The third-order valence-electron chi connectivity index (χ3n) is 2.67. The molecule has 1 aromatic rings. The summed E-state index contributed by atoms with van der Waals surface area (Å²) >= 11 is 0. The molecule has 0 bridgehead atoms. The van der Waals surface area contributed by atoms with E-state index in [0.29, 0.717) is 25.4 Å². The lowest BCUT2D eigenvalue weighted by atomic mass is 9.97. The van der Waals surface area contributed by atoms with Crippen LogP contribution in [0.1, 0.15) is 25.8 Å². The second-order valence-corrected chi connectivity index (χ2v) is 4.81. The minimum absolute atomic E-state index is 0.334. The van der Waals surface area contributed by atoms with E-state index in [1.54, 1.807) is 17.1 Å². The van der Waals surface area contributed by atoms with Crippen LogP contribution in [0.5, 0.6) is 0 Å². The Kier molecular flexibility index (Phi) is 5.58. The molecule has 1 heterocycles. The van der Waals surface area contributed by atoms with Crippen molar-refractivity contribution in [3.63, 3.8) is 0 Å². The standard InChI is InChI=1S/C13H21N3O2/c1-4-16-9-11(7-15-16)6-14-8-12(13(17)18)5-10(2)3/h4,7,9-10,12,14H,1,5-6,8H2,2-3H3,(H,17,18). The smallest absolute Gasteiger partial charge is 0.307 e. The molecule has 1 unspecified atom stereocenters. The number of nitrogens with zero attached hydrogens (tertiary/aromatic N) is 2. The lowest BCUT2D eigenvalue weighted by Gasteiger charge is -2.14. The van der Waals surface area contributed by atoms with Crippen LogP contribution in [0, 0.1) is 11.8 Å². The fourth-order valence-electron chi connectivity index (χ4n) is 1.80. The molecule has 0 fully saturated rings. The molecule has 5 heteroatoms. The van der Waals surface area contributed by atoms with E-state index in [1.165, 1.54) is 0 Å². The Labute approximate surface area is 108 Å². The third-order valence-corrected chi connectivity index (χ3v) is 2.67. The van der Waals surface area contributed by atoms with E-state index in [1.807, 2.05) is 20.0 Å². The fraction of sp³-hybridized carbons (Fsp3) is 0.538. The highest BCUT2D eigenvalue weighted by Gasteiger charge is 2.18. The van der Waals surface area contributed by atoms with Crippen molar-refractivity contribution < 1.29 is 9.90 Å². The minimum Gasteiger partial charge on any atom is -0.481 e. The third kappa shape index (κ3) is 4.71. The van der Waals surface area contributed by atoms with Gasteiger partial charge in [-0.3, -0.25) is 4.79 Å². The summed E-state index contributed by atoms with van der Waals surface area (Å²) in [5.41, 5.74) is 1.02. The van der Waals surface area contributed by atoms with E-state index >= 15 is 0 Å². The van der Waals surface area contributed by atoms with E-state index in [0.717, 1.165) is 5.56 Å². The molecule has 0 aliphatic carbocycles. The van der Waals surface area contributed by atoms with E-state index in [-0.39, 0.29) is 5.92 Å². The van der Waals surface area contributed by atoms with Crippen molar-refractivity contribution in [1.29, 1.82) is 0 Å². The maximum Gasteiger partial charge on any atom is 0.307 e. The molecule has 1 atom stereocenters. The zero-order chi connectivity index (χ0) is 13.5. The quantitative estimate of drug-likeness (QED) is 0.739. The van der Waals surface area contributed by atoms with Gasteiger partial charge in [-0.15, -0.1) is 0 Å². The van der Waals surface area contributed by atoms with Crippen LogP contribution in [0.25, 0.3) is 6.20 Å². The largest absolute Gasteiger partial charge is 0.481 e. The van der Waals surface area contributed by atoms with Gasteiger partial charge in [-0.25, -0.2) is 4.68 Å². The van der Waals surface area contributed by atoms with Crippen LogP contribution in [0.3, 0.4) is 0 Å². The predicted octanol–water partition coefficient (Wildman–Crippen LogP) is 1.82. The van der Waals surface area contributed by atoms with Gasteiger partial charge in [0.1, 0.15) is 0 Å². The average Bonchev–Trinajstić information content (AvgIpc) is 2.75. The first-order valence-electron chi connectivity index (χ1n) is 6.12. The summed E-state index contributed by atoms with van der Waals surface area (Å²) in [5.74, 6) is -0.686. The van der Waals surface area contributed by atoms with Gasteiger partial charge in [-0.1, -0.05) is 20.4 Å². The Bertz CT molecular complexity index is 399. The highest BCUT2D eigenvalue weighted by molar-refractivity contribution is 5.70. The molecular weight excluding hydrogens is 230 g/mol. The Morgan fingerprint density at radius 3 is 2.89 bits per heavy atom. The van der Waals surface area contributed by atoms with Crippen LogP contribution < -0.4 is 5.32 Å². The number of carboxylic acids is 1. The molecule has 1 aromatic heterocycles. The van der Waals surface area contributed by atoms with Crippen molar-refractivity contribution in [1.82, 2.24) is 15.1 Å². The molecular formula is C13H21N3O2. The second-order valence-electron chi connectivity index (χ2n) is 4.81. The van der Waals surface area contributed by atoms with Crippen molar-refractivity contribution in [2.75, 3.05) is 6.54 Å². The number of hydrogen-bond acceptors (Lipinski definition) is 3. The summed E-state index contributed by atoms with van der Waals surface area (Å²) in [6.45, 7) is 8.77. The molecule has 0 aliphatic rings. The molecule has 0 aliphatic heterocycles. The van der Waals surface area contributed by atoms with Gasteiger partial charge in [0, 0.05) is 31.0 Å². The molecule has 0 saturated carbocycles. The summed E-state index contributed by atoms with van der Waals surface area (Å²) in [7, 11) is 0. The molecule has 0 saturated heterocycles. The topological polar surface area (TPSA) is 67.2 Å². The number of carbonyl (C=O) groups is 1. The van der Waals surface area contributed by atoms with Gasteiger partial charge in [0.15, 0.2) is 0 Å². The highest BCUT2D eigenvalue weighted by atomic mass is 16.4. The molecule has 0 amide bonds. The van der Waals surface area contributed by atoms with Gasteiger partial charge in [-0.05, 0) is 12.3 Å². The van der Waals surface area contributed by atoms with Gasteiger partial charge < -0.3 is 10.4 Å². The van der Waals surface area contributed by atoms with Gasteiger partial charge in [0.25, 0.3) is 0 Å². The SMILES string of the molecule is C=Cn1cc(CNCC(CC(C)C)C(=O)O)cn1.